The molecule has 0 aliphatic heterocycles. The number of benzene rings is 2. The summed E-state index contributed by atoms with van der Waals surface area (Å²) in [7, 11) is 1.66. The summed E-state index contributed by atoms with van der Waals surface area (Å²) < 4.78 is 22.0. The Labute approximate surface area is 185 Å². The number of aliphatic hydroxyl groups is 1. The molecule has 0 saturated carbocycles. The zero-order chi connectivity index (χ0) is 20.9. The van der Waals surface area contributed by atoms with Gasteiger partial charge in [0.2, 0.25) is 0 Å². The Kier molecular flexibility index (Phi) is 12.9. The van der Waals surface area contributed by atoms with Gasteiger partial charge in [0.25, 0.3) is 0 Å². The van der Waals surface area contributed by atoms with Crippen LogP contribution in [0.25, 0.3) is 0 Å². The SMILES string of the molecule is COc1ccc(CCOCCOc2ccc(OCC(O)CNC(C)C)cc2)cc1.Cl. The van der Waals surface area contributed by atoms with Crippen molar-refractivity contribution in [3.05, 3.63) is 54.1 Å². The van der Waals surface area contributed by atoms with Crippen molar-refractivity contribution >= 4 is 12.4 Å². The van der Waals surface area contributed by atoms with E-state index >= 15 is 0 Å². The summed E-state index contributed by atoms with van der Waals surface area (Å²) in [6.07, 6.45) is 0.317. The van der Waals surface area contributed by atoms with Gasteiger partial charge in [-0.1, -0.05) is 26.0 Å². The largest absolute Gasteiger partial charge is 0.497 e. The summed E-state index contributed by atoms with van der Waals surface area (Å²) in [6, 6.07) is 15.7. The summed E-state index contributed by atoms with van der Waals surface area (Å²) in [5.74, 6) is 2.33. The highest BCUT2D eigenvalue weighted by Gasteiger charge is 2.06. The number of ether oxygens (including phenoxy) is 4. The summed E-state index contributed by atoms with van der Waals surface area (Å²) in [4.78, 5) is 0. The predicted octanol–water partition coefficient (Wildman–Crippen LogP) is 3.49. The van der Waals surface area contributed by atoms with Crippen LogP contribution in [0.1, 0.15) is 19.4 Å². The predicted molar refractivity (Wildman–Crippen MR) is 121 cm³/mol. The number of methoxy groups -OCH3 is 1. The van der Waals surface area contributed by atoms with Crippen LogP contribution in [0.15, 0.2) is 48.5 Å². The molecular formula is C23H34ClNO5. The van der Waals surface area contributed by atoms with Gasteiger partial charge in [-0.05, 0) is 48.4 Å². The first-order valence-electron chi connectivity index (χ1n) is 10.0. The molecule has 0 heterocycles. The molecule has 0 spiro atoms. The normalized spacial score (nSPS) is 11.6. The third-order valence-electron chi connectivity index (χ3n) is 4.22. The van der Waals surface area contributed by atoms with Gasteiger partial charge in [0, 0.05) is 12.6 Å². The smallest absolute Gasteiger partial charge is 0.119 e. The second kappa shape index (κ2) is 14.9. The van der Waals surface area contributed by atoms with Crippen molar-refractivity contribution in [1.82, 2.24) is 5.32 Å². The molecule has 0 bridgehead atoms. The van der Waals surface area contributed by atoms with Gasteiger partial charge in [-0.2, -0.15) is 0 Å². The molecule has 0 amide bonds. The van der Waals surface area contributed by atoms with Crippen LogP contribution in [0.4, 0.5) is 0 Å². The first-order valence-corrected chi connectivity index (χ1v) is 10.0. The van der Waals surface area contributed by atoms with Gasteiger partial charge < -0.3 is 29.4 Å². The fourth-order valence-corrected chi connectivity index (χ4v) is 2.56. The maximum absolute atomic E-state index is 9.87. The van der Waals surface area contributed by atoms with E-state index in [2.05, 4.69) is 5.32 Å². The van der Waals surface area contributed by atoms with Crippen molar-refractivity contribution in [1.29, 1.82) is 0 Å². The molecule has 0 aromatic heterocycles. The molecule has 0 aliphatic rings. The minimum absolute atomic E-state index is 0. The molecule has 2 aromatic carbocycles. The van der Waals surface area contributed by atoms with Crippen LogP contribution >= 0.6 is 12.4 Å². The quantitative estimate of drug-likeness (QED) is 0.439. The van der Waals surface area contributed by atoms with E-state index < -0.39 is 6.10 Å². The number of aliphatic hydroxyl groups excluding tert-OH is 1. The van der Waals surface area contributed by atoms with Crippen molar-refractivity contribution in [2.24, 2.45) is 0 Å². The zero-order valence-corrected chi connectivity index (χ0v) is 18.8. The Morgan fingerprint density at radius 1 is 0.833 bits per heavy atom. The summed E-state index contributed by atoms with van der Waals surface area (Å²) in [5, 5.41) is 13.0. The van der Waals surface area contributed by atoms with Crippen molar-refractivity contribution in [2.75, 3.05) is 40.1 Å². The van der Waals surface area contributed by atoms with Crippen LogP contribution in [-0.4, -0.2) is 57.3 Å². The number of halogens is 1. The molecule has 0 radical (unpaired) electrons. The highest BCUT2D eigenvalue weighted by Crippen LogP contribution is 2.17. The van der Waals surface area contributed by atoms with Gasteiger partial charge in [0.15, 0.2) is 0 Å². The third-order valence-corrected chi connectivity index (χ3v) is 4.22. The zero-order valence-electron chi connectivity index (χ0n) is 18.0. The van der Waals surface area contributed by atoms with Crippen LogP contribution in [0.2, 0.25) is 0 Å². The van der Waals surface area contributed by atoms with E-state index in [1.165, 1.54) is 5.56 Å². The van der Waals surface area contributed by atoms with E-state index in [-0.39, 0.29) is 19.0 Å². The standard InChI is InChI=1S/C23H33NO5.ClH/c1-18(2)24-16-20(25)17-29-23-10-8-22(9-11-23)28-15-14-27-13-12-19-4-6-21(26-3)7-5-19;/h4-11,18,20,24-25H,12-17H2,1-3H3;1H. The molecule has 0 fully saturated rings. The summed E-state index contributed by atoms with van der Waals surface area (Å²) in [5.41, 5.74) is 1.22. The third kappa shape index (κ3) is 10.7. The Hall–Kier alpha value is -1.99. The van der Waals surface area contributed by atoms with Gasteiger partial charge in [0.05, 0.1) is 20.3 Å². The number of hydrogen-bond donors (Lipinski definition) is 2. The number of hydrogen-bond acceptors (Lipinski definition) is 6. The second-order valence-electron chi connectivity index (χ2n) is 7.06. The van der Waals surface area contributed by atoms with Crippen molar-refractivity contribution in [3.63, 3.8) is 0 Å². The maximum Gasteiger partial charge on any atom is 0.119 e. The molecule has 2 rings (SSSR count). The molecule has 6 nitrogen and oxygen atoms in total. The first kappa shape index (κ1) is 26.0. The van der Waals surface area contributed by atoms with E-state index in [4.69, 9.17) is 18.9 Å². The molecule has 2 aromatic rings. The van der Waals surface area contributed by atoms with Gasteiger partial charge in [-0.15, -0.1) is 12.4 Å². The van der Waals surface area contributed by atoms with Crippen molar-refractivity contribution in [3.8, 4) is 17.2 Å². The van der Waals surface area contributed by atoms with Crippen LogP contribution in [0, 0.1) is 0 Å². The lowest BCUT2D eigenvalue weighted by Crippen LogP contribution is -2.35. The average molecular weight is 440 g/mol. The lowest BCUT2D eigenvalue weighted by Gasteiger charge is -2.15. The minimum atomic E-state index is -0.539. The molecule has 30 heavy (non-hydrogen) atoms. The summed E-state index contributed by atoms with van der Waals surface area (Å²) >= 11 is 0. The van der Waals surface area contributed by atoms with E-state index in [1.54, 1.807) is 7.11 Å². The van der Waals surface area contributed by atoms with E-state index in [9.17, 15) is 5.11 Å². The van der Waals surface area contributed by atoms with Gasteiger partial charge in [-0.3, -0.25) is 0 Å². The second-order valence-corrected chi connectivity index (χ2v) is 7.06. The Morgan fingerprint density at radius 3 is 2.03 bits per heavy atom. The van der Waals surface area contributed by atoms with Gasteiger partial charge in [0.1, 0.15) is 36.6 Å². The topological polar surface area (TPSA) is 69.2 Å². The van der Waals surface area contributed by atoms with Crippen LogP contribution in [0.3, 0.4) is 0 Å². The van der Waals surface area contributed by atoms with Crippen molar-refractivity contribution < 1.29 is 24.1 Å². The fourth-order valence-electron chi connectivity index (χ4n) is 2.56. The average Bonchev–Trinajstić information content (AvgIpc) is 2.74. The van der Waals surface area contributed by atoms with Crippen LogP contribution < -0.4 is 19.5 Å². The molecule has 0 saturated heterocycles. The summed E-state index contributed by atoms with van der Waals surface area (Å²) in [6.45, 7) is 6.51. The first-order chi connectivity index (χ1) is 14.1. The maximum atomic E-state index is 9.87. The minimum Gasteiger partial charge on any atom is -0.497 e. The highest BCUT2D eigenvalue weighted by atomic mass is 35.5. The Morgan fingerprint density at radius 2 is 1.43 bits per heavy atom. The monoisotopic (exact) mass is 439 g/mol. The Bertz CT molecular complexity index is 679. The number of nitrogens with one attached hydrogen (secondary N) is 1. The van der Waals surface area contributed by atoms with Crippen LogP contribution in [0.5, 0.6) is 17.2 Å². The molecule has 1 atom stereocenters. The van der Waals surface area contributed by atoms with E-state index in [0.29, 0.717) is 38.2 Å². The molecule has 2 N–H and O–H groups in total. The lowest BCUT2D eigenvalue weighted by molar-refractivity contribution is 0.102. The van der Waals surface area contributed by atoms with E-state index in [0.717, 1.165) is 17.9 Å². The lowest BCUT2D eigenvalue weighted by atomic mass is 10.1. The molecule has 168 valence electrons. The van der Waals surface area contributed by atoms with Crippen molar-refractivity contribution in [2.45, 2.75) is 32.4 Å². The van der Waals surface area contributed by atoms with Crippen LogP contribution in [-0.2, 0) is 11.2 Å². The number of rotatable bonds is 14. The molecule has 1 unspecified atom stereocenters. The highest BCUT2D eigenvalue weighted by molar-refractivity contribution is 5.85. The van der Waals surface area contributed by atoms with E-state index in [1.807, 2.05) is 62.4 Å². The van der Waals surface area contributed by atoms with Gasteiger partial charge in [-0.25, -0.2) is 0 Å². The Balaban J connectivity index is 0.00000450. The molecular weight excluding hydrogens is 406 g/mol. The molecule has 7 heteroatoms. The van der Waals surface area contributed by atoms with Gasteiger partial charge >= 0.3 is 0 Å². The fraction of sp³-hybridized carbons (Fsp3) is 0.478. The molecule has 0 aliphatic carbocycles.